The van der Waals surface area contributed by atoms with Crippen molar-refractivity contribution in [1.29, 1.82) is 0 Å². The third-order valence-electron chi connectivity index (χ3n) is 8.13. The first-order valence-electron chi connectivity index (χ1n) is 12.5. The lowest BCUT2D eigenvalue weighted by atomic mass is 9.78. The van der Waals surface area contributed by atoms with Crippen molar-refractivity contribution in [2.24, 2.45) is 5.92 Å². The lowest BCUT2D eigenvalue weighted by Gasteiger charge is -2.37. The Hall–Kier alpha value is -3.40. The number of carbonyl (C=O) groups is 3. The molecule has 3 fully saturated rings. The average Bonchev–Trinajstić information content (AvgIpc) is 3.51. The Balaban J connectivity index is 1.39. The maximum Gasteiger partial charge on any atom is 0.275 e. The van der Waals surface area contributed by atoms with Crippen molar-refractivity contribution in [3.8, 4) is 0 Å². The van der Waals surface area contributed by atoms with Crippen molar-refractivity contribution in [2.75, 3.05) is 37.6 Å². The predicted octanol–water partition coefficient (Wildman–Crippen LogP) is 2.05. The molecule has 10 heteroatoms. The summed E-state index contributed by atoms with van der Waals surface area (Å²) in [5.41, 5.74) is 0.0574. The summed E-state index contributed by atoms with van der Waals surface area (Å²) in [6.07, 6.45) is 3.84. The monoisotopic (exact) mass is 495 g/mol. The lowest BCUT2D eigenvalue weighted by molar-refractivity contribution is -0.139. The number of carbonyl (C=O) groups excluding carboxylic acids is 3. The van der Waals surface area contributed by atoms with E-state index in [-0.39, 0.29) is 37.5 Å². The molecule has 0 aliphatic carbocycles. The number of rotatable bonds is 1. The first-order valence-corrected chi connectivity index (χ1v) is 12.5. The van der Waals surface area contributed by atoms with Crippen molar-refractivity contribution in [2.45, 2.75) is 37.3 Å². The quantitative estimate of drug-likeness (QED) is 0.655. The Bertz CT molecular complexity index is 1260. The van der Waals surface area contributed by atoms with E-state index in [0.717, 1.165) is 36.8 Å². The first-order chi connectivity index (χ1) is 17.4. The molecule has 8 nitrogen and oxygen atoms in total. The summed E-state index contributed by atoms with van der Waals surface area (Å²) in [5.74, 6) is -3.36. The van der Waals surface area contributed by atoms with Gasteiger partial charge in [0.05, 0.1) is 12.1 Å². The SMILES string of the molecule is O=C1NCCCN(C(=O)c2ncc(F)cc2F)CCN2C(=O)[C@@]3(c4ccccc42)[C@H]1C[C@@H]1CCCN13. The van der Waals surface area contributed by atoms with Crippen LogP contribution >= 0.6 is 0 Å². The van der Waals surface area contributed by atoms with Gasteiger partial charge in [0.1, 0.15) is 11.4 Å². The van der Waals surface area contributed by atoms with Crippen molar-refractivity contribution < 1.29 is 23.2 Å². The molecule has 3 saturated heterocycles. The zero-order valence-electron chi connectivity index (χ0n) is 19.8. The molecule has 1 spiro atoms. The minimum atomic E-state index is -1.06. The van der Waals surface area contributed by atoms with E-state index in [1.807, 2.05) is 24.3 Å². The van der Waals surface area contributed by atoms with E-state index in [4.69, 9.17) is 0 Å². The topological polar surface area (TPSA) is 85.9 Å². The Labute approximate surface area is 207 Å². The smallest absolute Gasteiger partial charge is 0.275 e. The molecule has 6 rings (SSSR count). The summed E-state index contributed by atoms with van der Waals surface area (Å²) in [7, 11) is 0. The standard InChI is InChI=1S/C26H27F2N5O3/c27-16-13-20(28)22(30-15-16)24(35)31-9-4-8-29-23(34)19-14-17-5-3-10-33(17)26(19)18-6-1-2-7-21(18)32(12-11-31)25(26)36/h1-2,6-7,13,15,17,19H,3-5,8-12,14H2,(H,29,34)/t17-,19-,26+/m0/s1. The second-order valence-corrected chi connectivity index (χ2v) is 9.94. The molecule has 0 saturated carbocycles. The van der Waals surface area contributed by atoms with Gasteiger partial charge in [-0.2, -0.15) is 0 Å². The highest BCUT2D eigenvalue weighted by Gasteiger charge is 2.67. The lowest BCUT2D eigenvalue weighted by Crippen LogP contribution is -2.57. The molecule has 4 aliphatic rings. The Morgan fingerprint density at radius 2 is 1.92 bits per heavy atom. The number of benzene rings is 1. The molecule has 2 aromatic rings. The normalized spacial score (nSPS) is 28.2. The molecular weight excluding hydrogens is 468 g/mol. The Morgan fingerprint density at radius 3 is 2.75 bits per heavy atom. The first kappa shape index (κ1) is 23.0. The van der Waals surface area contributed by atoms with Gasteiger partial charge >= 0.3 is 0 Å². The zero-order valence-corrected chi connectivity index (χ0v) is 19.8. The highest BCUT2D eigenvalue weighted by molar-refractivity contribution is 6.11. The predicted molar refractivity (Wildman–Crippen MR) is 126 cm³/mol. The van der Waals surface area contributed by atoms with Gasteiger partial charge in [0.25, 0.3) is 11.8 Å². The van der Waals surface area contributed by atoms with Crippen LogP contribution < -0.4 is 10.2 Å². The molecule has 3 amide bonds. The van der Waals surface area contributed by atoms with Crippen LogP contribution in [0, 0.1) is 17.6 Å². The molecule has 5 heterocycles. The van der Waals surface area contributed by atoms with Crippen LogP contribution in [-0.4, -0.2) is 71.3 Å². The Morgan fingerprint density at radius 1 is 1.08 bits per heavy atom. The molecule has 2 bridgehead atoms. The van der Waals surface area contributed by atoms with Gasteiger partial charge in [-0.25, -0.2) is 13.8 Å². The van der Waals surface area contributed by atoms with Crippen molar-refractivity contribution in [1.82, 2.24) is 20.1 Å². The third kappa shape index (κ3) is 3.27. The molecule has 3 atom stereocenters. The third-order valence-corrected chi connectivity index (χ3v) is 8.13. The van der Waals surface area contributed by atoms with Crippen LogP contribution in [0.3, 0.4) is 0 Å². The highest BCUT2D eigenvalue weighted by Crippen LogP contribution is 2.57. The van der Waals surface area contributed by atoms with Gasteiger partial charge in [-0.3, -0.25) is 19.3 Å². The number of halogens is 2. The number of amides is 3. The van der Waals surface area contributed by atoms with Crippen molar-refractivity contribution >= 4 is 23.4 Å². The number of hydrogen-bond acceptors (Lipinski definition) is 5. The van der Waals surface area contributed by atoms with E-state index in [0.29, 0.717) is 25.5 Å². The van der Waals surface area contributed by atoms with Gasteiger partial charge in [0.15, 0.2) is 11.5 Å². The zero-order chi connectivity index (χ0) is 25.0. The summed E-state index contributed by atoms with van der Waals surface area (Å²) in [6, 6.07) is 8.39. The van der Waals surface area contributed by atoms with Crippen LogP contribution in [0.4, 0.5) is 14.5 Å². The van der Waals surface area contributed by atoms with Crippen molar-refractivity contribution in [3.05, 3.63) is 59.4 Å². The van der Waals surface area contributed by atoms with Crippen LogP contribution in [-0.2, 0) is 15.1 Å². The fourth-order valence-corrected chi connectivity index (χ4v) is 6.64. The van der Waals surface area contributed by atoms with E-state index in [2.05, 4.69) is 15.2 Å². The highest BCUT2D eigenvalue weighted by atomic mass is 19.1. The van der Waals surface area contributed by atoms with E-state index in [1.165, 1.54) is 4.90 Å². The van der Waals surface area contributed by atoms with Gasteiger partial charge in [-0.05, 0) is 38.3 Å². The number of anilines is 1. The van der Waals surface area contributed by atoms with Crippen molar-refractivity contribution in [3.63, 3.8) is 0 Å². The molecule has 1 N–H and O–H groups in total. The number of nitrogens with one attached hydrogen (secondary N) is 1. The molecule has 36 heavy (non-hydrogen) atoms. The Kier molecular flexibility index (Phi) is 5.51. The molecule has 1 aromatic carbocycles. The summed E-state index contributed by atoms with van der Waals surface area (Å²) in [6.45, 7) is 1.64. The van der Waals surface area contributed by atoms with E-state index in [9.17, 15) is 23.2 Å². The van der Waals surface area contributed by atoms with E-state index >= 15 is 0 Å². The van der Waals surface area contributed by atoms with Crippen LogP contribution in [0.25, 0.3) is 0 Å². The second kappa shape index (κ2) is 8.62. The van der Waals surface area contributed by atoms with Gasteiger partial charge < -0.3 is 15.1 Å². The summed E-state index contributed by atoms with van der Waals surface area (Å²) >= 11 is 0. The molecule has 0 unspecified atom stereocenters. The number of pyridine rings is 1. The molecule has 188 valence electrons. The molecule has 4 aliphatic heterocycles. The molecular formula is C26H27F2N5O3. The number of nitrogens with zero attached hydrogens (tertiary/aromatic N) is 4. The van der Waals surface area contributed by atoms with Gasteiger partial charge in [0.2, 0.25) is 5.91 Å². The van der Waals surface area contributed by atoms with Gasteiger partial charge in [0, 0.05) is 49.5 Å². The van der Waals surface area contributed by atoms with Gasteiger partial charge in [-0.1, -0.05) is 18.2 Å². The largest absolute Gasteiger partial charge is 0.356 e. The average molecular weight is 496 g/mol. The van der Waals surface area contributed by atoms with E-state index < -0.39 is 34.7 Å². The van der Waals surface area contributed by atoms with Crippen LogP contribution in [0.1, 0.15) is 41.7 Å². The number of aromatic nitrogens is 1. The number of para-hydroxylation sites is 1. The number of hydrogen-bond donors (Lipinski definition) is 1. The van der Waals surface area contributed by atoms with Crippen LogP contribution in [0.5, 0.6) is 0 Å². The maximum absolute atomic E-state index is 14.4. The molecule has 1 aromatic heterocycles. The summed E-state index contributed by atoms with van der Waals surface area (Å²) < 4.78 is 27.7. The van der Waals surface area contributed by atoms with Crippen LogP contribution in [0.15, 0.2) is 36.5 Å². The van der Waals surface area contributed by atoms with Gasteiger partial charge in [-0.15, -0.1) is 0 Å². The molecule has 0 radical (unpaired) electrons. The fraction of sp³-hybridized carbons (Fsp3) is 0.462. The minimum Gasteiger partial charge on any atom is -0.356 e. The summed E-state index contributed by atoms with van der Waals surface area (Å²) in [4.78, 5) is 50.0. The maximum atomic E-state index is 14.4. The minimum absolute atomic E-state index is 0.146. The second-order valence-electron chi connectivity index (χ2n) is 9.94. The van der Waals surface area contributed by atoms with E-state index in [1.54, 1.807) is 4.90 Å². The summed E-state index contributed by atoms with van der Waals surface area (Å²) in [5, 5.41) is 2.99. The van der Waals surface area contributed by atoms with Crippen LogP contribution in [0.2, 0.25) is 0 Å². The number of fused-ring (bicyclic) bond motifs is 4. The fourth-order valence-electron chi connectivity index (χ4n) is 6.64.